The molecule has 0 saturated carbocycles. The van der Waals surface area contributed by atoms with Crippen molar-refractivity contribution in [1.29, 1.82) is 0 Å². The quantitative estimate of drug-likeness (QED) is 0.639. The number of hydrogen-bond acceptors (Lipinski definition) is 5. The summed E-state index contributed by atoms with van der Waals surface area (Å²) in [7, 11) is 0. The molecule has 4 N–H and O–H groups in total. The highest BCUT2D eigenvalue weighted by atomic mass is 32.2. The van der Waals surface area contributed by atoms with Crippen LogP contribution >= 0.6 is 11.9 Å². The van der Waals surface area contributed by atoms with E-state index in [0.717, 1.165) is 19.4 Å². The Morgan fingerprint density at radius 2 is 2.16 bits per heavy atom. The van der Waals surface area contributed by atoms with Crippen LogP contribution in [0.5, 0.6) is 0 Å². The lowest BCUT2D eigenvalue weighted by Crippen LogP contribution is -2.37. The molecule has 1 aliphatic heterocycles. The third-order valence-electron chi connectivity index (χ3n) is 3.01. The van der Waals surface area contributed by atoms with Gasteiger partial charge in [0.25, 0.3) is 0 Å². The van der Waals surface area contributed by atoms with Gasteiger partial charge in [-0.05, 0) is 37.4 Å². The third kappa shape index (κ3) is 3.61. The zero-order valence-electron chi connectivity index (χ0n) is 10.8. The van der Waals surface area contributed by atoms with Crippen LogP contribution in [-0.4, -0.2) is 29.1 Å². The molecule has 2 rings (SSSR count). The van der Waals surface area contributed by atoms with Crippen LogP contribution in [0.3, 0.4) is 0 Å². The molecule has 1 atom stereocenters. The summed E-state index contributed by atoms with van der Waals surface area (Å²) in [6.45, 7) is 1.52. The normalized spacial score (nSPS) is 19.4. The molecule has 1 aliphatic rings. The van der Waals surface area contributed by atoms with E-state index < -0.39 is 0 Å². The summed E-state index contributed by atoms with van der Waals surface area (Å²) in [6.07, 6.45) is 1.96. The summed E-state index contributed by atoms with van der Waals surface area (Å²) in [5, 5.41) is 0. The Morgan fingerprint density at radius 1 is 1.37 bits per heavy atom. The molecular formula is C13H19FN4S. The molecular weight excluding hydrogens is 263 g/mol. The molecule has 6 heteroatoms. The van der Waals surface area contributed by atoms with E-state index in [1.807, 2.05) is 10.4 Å². The lowest BCUT2D eigenvalue weighted by Gasteiger charge is -2.29. The minimum atomic E-state index is -0.221. The summed E-state index contributed by atoms with van der Waals surface area (Å²) in [5.74, 6) is 0.965. The molecule has 0 saturated heterocycles. The molecule has 19 heavy (non-hydrogen) atoms. The van der Waals surface area contributed by atoms with Crippen molar-refractivity contribution in [2.75, 3.05) is 18.8 Å². The van der Waals surface area contributed by atoms with Crippen molar-refractivity contribution < 1.29 is 4.39 Å². The lowest BCUT2D eigenvalue weighted by molar-refractivity contribution is 0.564. The first-order valence-electron chi connectivity index (χ1n) is 6.40. The van der Waals surface area contributed by atoms with Gasteiger partial charge < -0.3 is 11.5 Å². The van der Waals surface area contributed by atoms with Gasteiger partial charge in [-0.1, -0.05) is 18.2 Å². The van der Waals surface area contributed by atoms with Crippen molar-refractivity contribution >= 4 is 17.9 Å². The first-order valence-corrected chi connectivity index (χ1v) is 7.35. The van der Waals surface area contributed by atoms with Gasteiger partial charge in [0.15, 0.2) is 0 Å². The van der Waals surface area contributed by atoms with E-state index in [-0.39, 0.29) is 11.9 Å². The standard InChI is InChI=1S/C13H19FN4S/c14-11-6-2-1-5-10(11)12-9-19-18(13(16)17-12)8-4-3-7-15/h1-2,5-6,12H,3-4,7-9,15H2,(H2,16,17). The van der Waals surface area contributed by atoms with Crippen LogP contribution < -0.4 is 11.5 Å². The molecule has 1 aromatic carbocycles. The average molecular weight is 282 g/mol. The maximum absolute atomic E-state index is 13.7. The third-order valence-corrected chi connectivity index (χ3v) is 4.16. The summed E-state index contributed by atoms with van der Waals surface area (Å²) in [6, 6.07) is 6.53. The zero-order valence-corrected chi connectivity index (χ0v) is 11.6. The molecule has 0 spiro atoms. The van der Waals surface area contributed by atoms with E-state index in [9.17, 15) is 4.39 Å². The maximum Gasteiger partial charge on any atom is 0.202 e. The fourth-order valence-electron chi connectivity index (χ4n) is 1.97. The second kappa shape index (κ2) is 6.77. The number of halogens is 1. The van der Waals surface area contributed by atoms with Gasteiger partial charge in [0, 0.05) is 17.9 Å². The average Bonchev–Trinajstić information content (AvgIpc) is 2.41. The molecule has 0 aliphatic carbocycles. The van der Waals surface area contributed by atoms with E-state index in [1.165, 1.54) is 6.07 Å². The Labute approximate surface area is 117 Å². The van der Waals surface area contributed by atoms with Gasteiger partial charge in [0.1, 0.15) is 5.82 Å². The monoisotopic (exact) mass is 282 g/mol. The number of hydrogen-bond donors (Lipinski definition) is 2. The molecule has 0 amide bonds. The first kappa shape index (κ1) is 14.1. The van der Waals surface area contributed by atoms with Crippen molar-refractivity contribution in [3.8, 4) is 0 Å². The molecule has 1 aromatic rings. The number of unbranched alkanes of at least 4 members (excludes halogenated alkanes) is 1. The first-order chi connectivity index (χ1) is 9.22. The number of guanidine groups is 1. The molecule has 0 bridgehead atoms. The fraction of sp³-hybridized carbons (Fsp3) is 0.462. The summed E-state index contributed by atoms with van der Waals surface area (Å²) in [5.41, 5.74) is 12.0. The summed E-state index contributed by atoms with van der Waals surface area (Å²) >= 11 is 1.60. The van der Waals surface area contributed by atoms with Gasteiger partial charge in [-0.2, -0.15) is 0 Å². The highest BCUT2D eigenvalue weighted by Crippen LogP contribution is 2.30. The topological polar surface area (TPSA) is 67.6 Å². The Bertz CT molecular complexity index is 452. The molecule has 1 heterocycles. The SMILES string of the molecule is NCCCCN1SCC(c2ccccc2F)N=C1N. The van der Waals surface area contributed by atoms with Crippen molar-refractivity contribution in [1.82, 2.24) is 4.31 Å². The van der Waals surface area contributed by atoms with E-state index in [2.05, 4.69) is 4.99 Å². The van der Waals surface area contributed by atoms with Crippen molar-refractivity contribution in [2.24, 2.45) is 16.5 Å². The highest BCUT2D eigenvalue weighted by Gasteiger charge is 2.23. The Kier molecular flexibility index (Phi) is 5.04. The van der Waals surface area contributed by atoms with Gasteiger partial charge in [0.05, 0.1) is 6.04 Å². The van der Waals surface area contributed by atoms with Gasteiger partial charge in [0.2, 0.25) is 5.96 Å². The van der Waals surface area contributed by atoms with Crippen LogP contribution in [0.25, 0.3) is 0 Å². The Morgan fingerprint density at radius 3 is 2.84 bits per heavy atom. The van der Waals surface area contributed by atoms with Crippen molar-refractivity contribution in [3.63, 3.8) is 0 Å². The molecule has 4 nitrogen and oxygen atoms in total. The molecule has 0 aromatic heterocycles. The van der Waals surface area contributed by atoms with Crippen LogP contribution in [0.1, 0.15) is 24.4 Å². The summed E-state index contributed by atoms with van der Waals surface area (Å²) < 4.78 is 15.7. The van der Waals surface area contributed by atoms with E-state index in [4.69, 9.17) is 11.5 Å². The minimum Gasteiger partial charge on any atom is -0.369 e. The van der Waals surface area contributed by atoms with Crippen LogP contribution in [-0.2, 0) is 0 Å². The number of nitrogens with zero attached hydrogens (tertiary/aromatic N) is 2. The Balaban J connectivity index is 2.02. The second-order valence-electron chi connectivity index (χ2n) is 4.42. The van der Waals surface area contributed by atoms with Gasteiger partial charge in [-0.25, -0.2) is 9.38 Å². The van der Waals surface area contributed by atoms with Crippen molar-refractivity contribution in [3.05, 3.63) is 35.6 Å². The Hall–Kier alpha value is -1.27. The number of benzene rings is 1. The predicted molar refractivity (Wildman–Crippen MR) is 78.2 cm³/mol. The van der Waals surface area contributed by atoms with Gasteiger partial charge >= 0.3 is 0 Å². The van der Waals surface area contributed by atoms with Crippen LogP contribution in [0.2, 0.25) is 0 Å². The number of rotatable bonds is 5. The highest BCUT2D eigenvalue weighted by molar-refractivity contribution is 7.97. The predicted octanol–water partition coefficient (Wildman–Crippen LogP) is 1.88. The number of aliphatic imine (C=N–C) groups is 1. The van der Waals surface area contributed by atoms with Crippen LogP contribution in [0.4, 0.5) is 4.39 Å². The second-order valence-corrected chi connectivity index (χ2v) is 5.45. The smallest absolute Gasteiger partial charge is 0.202 e. The summed E-state index contributed by atoms with van der Waals surface area (Å²) in [4.78, 5) is 4.40. The van der Waals surface area contributed by atoms with Crippen LogP contribution in [0, 0.1) is 5.82 Å². The van der Waals surface area contributed by atoms with E-state index in [0.29, 0.717) is 23.8 Å². The zero-order chi connectivity index (χ0) is 13.7. The van der Waals surface area contributed by atoms with Crippen LogP contribution in [0.15, 0.2) is 29.3 Å². The number of nitrogens with two attached hydrogens (primary N) is 2. The van der Waals surface area contributed by atoms with Crippen molar-refractivity contribution in [2.45, 2.75) is 18.9 Å². The van der Waals surface area contributed by atoms with E-state index in [1.54, 1.807) is 24.1 Å². The van der Waals surface area contributed by atoms with Gasteiger partial charge in [-0.3, -0.25) is 4.31 Å². The molecule has 0 radical (unpaired) electrons. The molecule has 1 unspecified atom stereocenters. The lowest BCUT2D eigenvalue weighted by atomic mass is 10.1. The largest absolute Gasteiger partial charge is 0.369 e. The minimum absolute atomic E-state index is 0.197. The molecule has 104 valence electrons. The van der Waals surface area contributed by atoms with E-state index >= 15 is 0 Å². The molecule has 0 fully saturated rings. The van der Waals surface area contributed by atoms with Gasteiger partial charge in [-0.15, -0.1) is 0 Å². The fourth-order valence-corrected chi connectivity index (χ4v) is 2.98. The maximum atomic E-state index is 13.7.